The van der Waals surface area contributed by atoms with Crippen LogP contribution >= 0.6 is 23.4 Å². The van der Waals surface area contributed by atoms with Crippen LogP contribution in [0.15, 0.2) is 4.79 Å². The molecule has 5 aliphatic rings. The van der Waals surface area contributed by atoms with Crippen LogP contribution in [0.25, 0.3) is 0 Å². The van der Waals surface area contributed by atoms with E-state index in [4.69, 9.17) is 21.3 Å². The van der Waals surface area contributed by atoms with Crippen molar-refractivity contribution >= 4 is 29.3 Å². The summed E-state index contributed by atoms with van der Waals surface area (Å²) >= 11 is 8.56. The normalized spacial score (nSPS) is 37.5. The Labute approximate surface area is 270 Å². The third-order valence-electron chi connectivity index (χ3n) is 11.0. The maximum atomic E-state index is 13.8. The van der Waals surface area contributed by atoms with Crippen LogP contribution in [-0.4, -0.2) is 112 Å². The monoisotopic (exact) mass is 650 g/mol. The van der Waals surface area contributed by atoms with Crippen molar-refractivity contribution in [1.29, 1.82) is 0 Å². The number of carboxylic acids is 1. The van der Waals surface area contributed by atoms with Gasteiger partial charge in [-0.2, -0.15) is 11.8 Å². The Kier molecular flexibility index (Phi) is 10.6. The van der Waals surface area contributed by atoms with E-state index in [-0.39, 0.29) is 46.2 Å². The van der Waals surface area contributed by atoms with Crippen LogP contribution in [0.3, 0.4) is 0 Å². The van der Waals surface area contributed by atoms with Crippen molar-refractivity contribution in [1.82, 2.24) is 30.4 Å². The van der Waals surface area contributed by atoms with E-state index in [9.17, 15) is 14.7 Å². The van der Waals surface area contributed by atoms with Crippen LogP contribution in [0, 0.1) is 24.7 Å². The molecule has 12 heteroatoms. The first-order valence-corrected chi connectivity index (χ1v) is 18.3. The van der Waals surface area contributed by atoms with Crippen LogP contribution in [0.4, 0.5) is 0 Å². The molecule has 6 rings (SSSR count). The molecule has 0 radical (unpaired) electrons. The van der Waals surface area contributed by atoms with E-state index in [0.29, 0.717) is 36.9 Å². The second-order valence-electron chi connectivity index (χ2n) is 14.0. The third-order valence-corrected chi connectivity index (χ3v) is 13.0. The standard InChI is InChI=1S/C32H51ClN6O4S/c1-18-12-24(30-29(36-18)26(17-44-30)32(41)42)23-13-20(33)4-7-28(23)43-11-10-39-19(2)37-27-6-5-22(14-25(27)31(39)40)38(3)16-21-15-34-8-9-35-21/h18,20-24,26,28-30,34-36H,4-17H2,1-3H3,(H,41,42). The molecule has 3 aliphatic heterocycles. The number of likely N-dealkylation sites (N-methyl/N-ethyl adjacent to an activating group) is 1. The van der Waals surface area contributed by atoms with E-state index >= 15 is 0 Å². The van der Waals surface area contributed by atoms with Gasteiger partial charge in [0.05, 0.1) is 30.9 Å². The van der Waals surface area contributed by atoms with Crippen LogP contribution < -0.4 is 21.5 Å². The number of aryl methyl sites for hydroxylation is 2. The lowest BCUT2D eigenvalue weighted by Crippen LogP contribution is -2.57. The maximum Gasteiger partial charge on any atom is 0.308 e. The minimum absolute atomic E-state index is 0.0103. The topological polar surface area (TPSA) is 121 Å². The number of halogens is 1. The molecule has 0 aromatic carbocycles. The molecule has 246 valence electrons. The number of hydrogen-bond donors (Lipinski definition) is 4. The van der Waals surface area contributed by atoms with Gasteiger partial charge in [0, 0.05) is 72.3 Å². The van der Waals surface area contributed by atoms with Crippen LogP contribution in [0.5, 0.6) is 0 Å². The highest BCUT2D eigenvalue weighted by atomic mass is 35.5. The molecule has 10 atom stereocenters. The Balaban J connectivity index is 1.11. The predicted octanol–water partition coefficient (Wildman–Crippen LogP) is 1.88. The number of rotatable bonds is 9. The second kappa shape index (κ2) is 14.3. The molecule has 0 spiro atoms. The van der Waals surface area contributed by atoms with E-state index in [0.717, 1.165) is 88.2 Å². The molecule has 1 saturated carbocycles. The number of piperazine rings is 1. The number of carboxylic acid groups (broad SMARTS) is 1. The van der Waals surface area contributed by atoms with E-state index in [1.54, 1.807) is 0 Å². The van der Waals surface area contributed by atoms with Crippen molar-refractivity contribution in [2.45, 2.75) is 106 Å². The van der Waals surface area contributed by atoms with Crippen molar-refractivity contribution < 1.29 is 14.6 Å². The zero-order chi connectivity index (χ0) is 31.0. The highest BCUT2D eigenvalue weighted by Gasteiger charge is 2.51. The Bertz CT molecular complexity index is 1230. The van der Waals surface area contributed by atoms with Gasteiger partial charge >= 0.3 is 5.97 Å². The lowest BCUT2D eigenvalue weighted by Gasteiger charge is -2.47. The number of hydrogen-bond acceptors (Lipinski definition) is 9. The molecule has 1 aromatic rings. The van der Waals surface area contributed by atoms with Gasteiger partial charge in [-0.15, -0.1) is 11.6 Å². The molecule has 4 N–H and O–H groups in total. The lowest BCUT2D eigenvalue weighted by molar-refractivity contribution is -0.142. The minimum Gasteiger partial charge on any atom is -0.481 e. The summed E-state index contributed by atoms with van der Waals surface area (Å²) < 4.78 is 8.47. The maximum absolute atomic E-state index is 13.8. The fourth-order valence-electron chi connectivity index (χ4n) is 8.70. The lowest BCUT2D eigenvalue weighted by atomic mass is 9.70. The summed E-state index contributed by atoms with van der Waals surface area (Å²) in [6.45, 7) is 9.02. The molecule has 10 unspecified atom stereocenters. The number of fused-ring (bicyclic) bond motifs is 2. The Morgan fingerprint density at radius 3 is 2.84 bits per heavy atom. The first-order valence-electron chi connectivity index (χ1n) is 16.8. The fraction of sp³-hybridized carbons (Fsp3) is 0.844. The van der Waals surface area contributed by atoms with Crippen molar-refractivity contribution in [3.05, 3.63) is 27.4 Å². The quantitative estimate of drug-likeness (QED) is 0.295. The third kappa shape index (κ3) is 7.04. The number of nitrogens with zero attached hydrogens (tertiary/aromatic N) is 3. The Morgan fingerprint density at radius 1 is 1.23 bits per heavy atom. The summed E-state index contributed by atoms with van der Waals surface area (Å²) in [5.74, 6) is 1.01. The minimum atomic E-state index is -0.701. The molecule has 0 bridgehead atoms. The number of aliphatic carboxylic acids is 1. The van der Waals surface area contributed by atoms with E-state index in [1.165, 1.54) is 0 Å². The highest BCUT2D eigenvalue weighted by Crippen LogP contribution is 2.48. The second-order valence-corrected chi connectivity index (χ2v) is 15.8. The van der Waals surface area contributed by atoms with Gasteiger partial charge < -0.3 is 30.7 Å². The molecule has 0 amide bonds. The van der Waals surface area contributed by atoms with E-state index < -0.39 is 5.97 Å². The summed E-state index contributed by atoms with van der Waals surface area (Å²) in [7, 11) is 2.18. The van der Waals surface area contributed by atoms with Gasteiger partial charge in [-0.1, -0.05) is 0 Å². The van der Waals surface area contributed by atoms with Gasteiger partial charge in [0.15, 0.2) is 0 Å². The first kappa shape index (κ1) is 32.7. The van der Waals surface area contributed by atoms with Crippen molar-refractivity contribution in [3.63, 3.8) is 0 Å². The van der Waals surface area contributed by atoms with Gasteiger partial charge in [-0.25, -0.2) is 4.98 Å². The molecule has 3 saturated heterocycles. The van der Waals surface area contributed by atoms with Crippen LogP contribution in [-0.2, 0) is 28.9 Å². The molecule has 2 aliphatic carbocycles. The number of thioether (sulfide) groups is 1. The molecular formula is C32H51ClN6O4S. The number of nitrogens with one attached hydrogen (secondary N) is 3. The molecular weight excluding hydrogens is 600 g/mol. The Morgan fingerprint density at radius 2 is 2.07 bits per heavy atom. The molecule has 10 nitrogen and oxygen atoms in total. The smallest absolute Gasteiger partial charge is 0.308 e. The van der Waals surface area contributed by atoms with Gasteiger partial charge in [-0.3, -0.25) is 14.2 Å². The fourth-order valence-corrected chi connectivity index (χ4v) is 10.8. The summed E-state index contributed by atoms with van der Waals surface area (Å²) in [6.07, 6.45) is 6.39. The van der Waals surface area contributed by atoms with Gasteiger partial charge in [-0.05, 0) is 77.7 Å². The Hall–Kier alpha value is -1.21. The largest absolute Gasteiger partial charge is 0.481 e. The number of carbonyl (C=O) groups is 1. The molecule has 1 aromatic heterocycles. The first-order chi connectivity index (χ1) is 21.2. The molecule has 4 heterocycles. The molecule has 44 heavy (non-hydrogen) atoms. The predicted molar refractivity (Wildman–Crippen MR) is 175 cm³/mol. The SMILES string of the molecule is Cc1nc2c(c(=O)n1CCOC1CCC(Cl)CC1C1CC(C)NC3C(C(=O)O)CSC13)CC(N(C)CC1CNCCN1)CC2. The number of alkyl halides is 1. The summed E-state index contributed by atoms with van der Waals surface area (Å²) in [5.41, 5.74) is 1.93. The zero-order valence-corrected chi connectivity index (χ0v) is 28.0. The van der Waals surface area contributed by atoms with Crippen molar-refractivity contribution in [2.24, 2.45) is 17.8 Å². The van der Waals surface area contributed by atoms with E-state index in [2.05, 4.69) is 34.8 Å². The zero-order valence-electron chi connectivity index (χ0n) is 26.5. The van der Waals surface area contributed by atoms with Crippen LogP contribution in [0.1, 0.15) is 56.1 Å². The highest BCUT2D eigenvalue weighted by molar-refractivity contribution is 8.00. The average molecular weight is 651 g/mol. The average Bonchev–Trinajstić information content (AvgIpc) is 3.43. The molecule has 4 fully saturated rings. The summed E-state index contributed by atoms with van der Waals surface area (Å²) in [5, 5.41) is 20.9. The summed E-state index contributed by atoms with van der Waals surface area (Å²) in [6, 6.07) is 1.02. The van der Waals surface area contributed by atoms with Gasteiger partial charge in [0.1, 0.15) is 5.82 Å². The number of aromatic nitrogens is 2. The van der Waals surface area contributed by atoms with Crippen LogP contribution in [0.2, 0.25) is 0 Å². The number of ether oxygens (including phenoxy) is 1. The van der Waals surface area contributed by atoms with Crippen molar-refractivity contribution in [2.75, 3.05) is 45.6 Å². The van der Waals surface area contributed by atoms with Gasteiger partial charge in [0.25, 0.3) is 5.56 Å². The van der Waals surface area contributed by atoms with Crippen molar-refractivity contribution in [3.8, 4) is 0 Å². The number of piperidine rings is 1. The van der Waals surface area contributed by atoms with Gasteiger partial charge in [0.2, 0.25) is 0 Å². The van der Waals surface area contributed by atoms with E-state index in [1.807, 2.05) is 23.3 Å². The summed E-state index contributed by atoms with van der Waals surface area (Å²) in [4.78, 5) is 33.1.